The van der Waals surface area contributed by atoms with Crippen LogP contribution < -0.4 is 5.32 Å². The van der Waals surface area contributed by atoms with Gasteiger partial charge in [0.1, 0.15) is 5.82 Å². The molecule has 96 valence electrons. The normalized spacial score (nSPS) is 24.8. The van der Waals surface area contributed by atoms with E-state index in [1.807, 2.05) is 18.8 Å². The highest BCUT2D eigenvalue weighted by Gasteiger charge is 2.32. The van der Waals surface area contributed by atoms with Gasteiger partial charge in [-0.15, -0.1) is 0 Å². The van der Waals surface area contributed by atoms with Gasteiger partial charge in [-0.2, -0.15) is 5.10 Å². The van der Waals surface area contributed by atoms with E-state index in [9.17, 15) is 0 Å². The van der Waals surface area contributed by atoms with Gasteiger partial charge >= 0.3 is 0 Å². The van der Waals surface area contributed by atoms with Crippen molar-refractivity contribution in [3.63, 3.8) is 0 Å². The van der Waals surface area contributed by atoms with Crippen molar-refractivity contribution in [3.05, 3.63) is 11.6 Å². The van der Waals surface area contributed by atoms with Crippen LogP contribution >= 0.6 is 0 Å². The minimum Gasteiger partial charge on any atom is -0.379 e. The van der Waals surface area contributed by atoms with Gasteiger partial charge in [-0.25, -0.2) is 4.98 Å². The molecule has 0 aliphatic carbocycles. The zero-order valence-electron chi connectivity index (χ0n) is 11.1. The second-order valence-electron chi connectivity index (χ2n) is 5.15. The fourth-order valence-electron chi connectivity index (χ4n) is 2.32. The Hall–Kier alpha value is -0.940. The summed E-state index contributed by atoms with van der Waals surface area (Å²) in [6.07, 6.45) is 0.936. The first kappa shape index (κ1) is 12.5. The molecular formula is C12H22N4O. The van der Waals surface area contributed by atoms with E-state index < -0.39 is 0 Å². The Morgan fingerprint density at radius 3 is 2.88 bits per heavy atom. The molecule has 1 N–H and O–H groups in total. The lowest BCUT2D eigenvalue weighted by molar-refractivity contribution is 0.187. The van der Waals surface area contributed by atoms with E-state index in [0.717, 1.165) is 31.3 Å². The Bertz CT molecular complexity index is 375. The number of aromatic nitrogens is 3. The van der Waals surface area contributed by atoms with Gasteiger partial charge in [0.15, 0.2) is 5.82 Å². The van der Waals surface area contributed by atoms with Gasteiger partial charge in [-0.05, 0) is 13.0 Å². The second-order valence-corrected chi connectivity index (χ2v) is 5.15. The summed E-state index contributed by atoms with van der Waals surface area (Å²) in [5, 5.41) is 7.77. The highest BCUT2D eigenvalue weighted by Crippen LogP contribution is 2.24. The highest BCUT2D eigenvalue weighted by atomic mass is 16.5. The van der Waals surface area contributed by atoms with Gasteiger partial charge in [-0.1, -0.05) is 13.8 Å². The van der Waals surface area contributed by atoms with Gasteiger partial charge in [0.2, 0.25) is 0 Å². The van der Waals surface area contributed by atoms with Gasteiger partial charge in [0.25, 0.3) is 0 Å². The van der Waals surface area contributed by atoms with Gasteiger partial charge < -0.3 is 10.1 Å². The average Bonchev–Trinajstić information content (AvgIpc) is 2.83. The molecule has 5 nitrogen and oxygen atoms in total. The first-order valence-corrected chi connectivity index (χ1v) is 6.26. The average molecular weight is 238 g/mol. The molecule has 2 unspecified atom stereocenters. The van der Waals surface area contributed by atoms with Gasteiger partial charge in [0.05, 0.1) is 19.1 Å². The fraction of sp³-hybridized carbons (Fsp3) is 0.833. The Morgan fingerprint density at radius 2 is 2.24 bits per heavy atom. The summed E-state index contributed by atoms with van der Waals surface area (Å²) in [6, 6.07) is 0.352. The summed E-state index contributed by atoms with van der Waals surface area (Å²) in [5.41, 5.74) is 0. The molecule has 2 atom stereocenters. The van der Waals surface area contributed by atoms with Crippen molar-refractivity contribution < 1.29 is 4.74 Å². The predicted octanol–water partition coefficient (Wildman–Crippen LogP) is 0.715. The molecule has 0 bridgehead atoms. The van der Waals surface area contributed by atoms with E-state index in [4.69, 9.17) is 4.74 Å². The van der Waals surface area contributed by atoms with Crippen molar-refractivity contribution in [2.45, 2.75) is 32.2 Å². The summed E-state index contributed by atoms with van der Waals surface area (Å²) in [5.74, 6) is 2.89. The molecule has 2 heterocycles. The van der Waals surface area contributed by atoms with Crippen LogP contribution in [0, 0.1) is 5.92 Å². The van der Waals surface area contributed by atoms with Crippen LogP contribution in [0.3, 0.4) is 0 Å². The molecular weight excluding hydrogens is 216 g/mol. The first-order valence-electron chi connectivity index (χ1n) is 6.26. The third-order valence-corrected chi connectivity index (χ3v) is 3.21. The van der Waals surface area contributed by atoms with Crippen LogP contribution in [0.1, 0.15) is 31.4 Å². The van der Waals surface area contributed by atoms with Crippen LogP contribution in [-0.4, -0.2) is 41.1 Å². The van der Waals surface area contributed by atoms with E-state index in [1.165, 1.54) is 0 Å². The van der Waals surface area contributed by atoms with E-state index in [-0.39, 0.29) is 0 Å². The number of nitrogens with one attached hydrogen (secondary N) is 1. The second kappa shape index (κ2) is 5.14. The van der Waals surface area contributed by atoms with Crippen LogP contribution in [0.4, 0.5) is 0 Å². The third kappa shape index (κ3) is 2.66. The lowest BCUT2D eigenvalue weighted by atomic mass is 10.0. The van der Waals surface area contributed by atoms with Crippen molar-refractivity contribution >= 4 is 0 Å². The molecule has 0 saturated carbocycles. The molecule has 1 aliphatic heterocycles. The predicted molar refractivity (Wildman–Crippen MR) is 66.0 cm³/mol. The van der Waals surface area contributed by atoms with E-state index in [1.54, 1.807) is 0 Å². The van der Waals surface area contributed by atoms with Crippen molar-refractivity contribution in [3.8, 4) is 0 Å². The van der Waals surface area contributed by atoms with E-state index in [0.29, 0.717) is 17.9 Å². The SMILES string of the molecule is CNC1COCC1c1nc(CC(C)C)nn1C. The Kier molecular flexibility index (Phi) is 3.79. The highest BCUT2D eigenvalue weighted by molar-refractivity contribution is 5.07. The van der Waals surface area contributed by atoms with Crippen LogP contribution in [0.15, 0.2) is 0 Å². The summed E-state index contributed by atoms with van der Waals surface area (Å²) in [4.78, 5) is 4.66. The Balaban J connectivity index is 2.17. The molecule has 0 radical (unpaired) electrons. The number of hydrogen-bond donors (Lipinski definition) is 1. The summed E-state index contributed by atoms with van der Waals surface area (Å²) >= 11 is 0. The van der Waals surface area contributed by atoms with E-state index >= 15 is 0 Å². The molecule has 17 heavy (non-hydrogen) atoms. The maximum atomic E-state index is 5.52. The molecule has 1 saturated heterocycles. The van der Waals surface area contributed by atoms with Crippen molar-refractivity contribution in [1.29, 1.82) is 0 Å². The third-order valence-electron chi connectivity index (χ3n) is 3.21. The summed E-state index contributed by atoms with van der Waals surface area (Å²) in [6.45, 7) is 5.86. The van der Waals surface area contributed by atoms with Crippen LogP contribution in [-0.2, 0) is 18.2 Å². The largest absolute Gasteiger partial charge is 0.379 e. The number of hydrogen-bond acceptors (Lipinski definition) is 4. The number of likely N-dealkylation sites (N-methyl/N-ethyl adjacent to an activating group) is 1. The van der Waals surface area contributed by atoms with Crippen LogP contribution in [0.2, 0.25) is 0 Å². The Morgan fingerprint density at radius 1 is 1.47 bits per heavy atom. The number of ether oxygens (including phenoxy) is 1. The summed E-state index contributed by atoms with van der Waals surface area (Å²) < 4.78 is 7.42. The lowest BCUT2D eigenvalue weighted by Gasteiger charge is -2.15. The molecule has 2 rings (SSSR count). The van der Waals surface area contributed by atoms with Crippen LogP contribution in [0.5, 0.6) is 0 Å². The molecule has 0 aromatic carbocycles. The minimum absolute atomic E-state index is 0.318. The topological polar surface area (TPSA) is 52.0 Å². The van der Waals surface area contributed by atoms with Gasteiger partial charge in [-0.3, -0.25) is 4.68 Å². The number of aryl methyl sites for hydroxylation is 1. The fourth-order valence-corrected chi connectivity index (χ4v) is 2.32. The first-order chi connectivity index (χ1) is 8.11. The number of rotatable bonds is 4. The Labute approximate surface area is 103 Å². The van der Waals surface area contributed by atoms with E-state index in [2.05, 4.69) is 29.2 Å². The number of nitrogens with zero attached hydrogens (tertiary/aromatic N) is 3. The maximum Gasteiger partial charge on any atom is 0.151 e. The zero-order chi connectivity index (χ0) is 12.4. The molecule has 0 spiro atoms. The van der Waals surface area contributed by atoms with Crippen molar-refractivity contribution in [1.82, 2.24) is 20.1 Å². The zero-order valence-corrected chi connectivity index (χ0v) is 11.1. The van der Waals surface area contributed by atoms with Crippen LogP contribution in [0.25, 0.3) is 0 Å². The quantitative estimate of drug-likeness (QED) is 0.839. The minimum atomic E-state index is 0.318. The van der Waals surface area contributed by atoms with Crippen molar-refractivity contribution in [2.75, 3.05) is 20.3 Å². The molecule has 1 aromatic heterocycles. The molecule has 1 fully saturated rings. The molecule has 1 aromatic rings. The molecule has 0 amide bonds. The standard InChI is InChI=1S/C12H22N4O/c1-8(2)5-11-14-12(16(4)15-11)9-6-17-7-10(9)13-3/h8-10,13H,5-7H2,1-4H3. The monoisotopic (exact) mass is 238 g/mol. The maximum absolute atomic E-state index is 5.52. The van der Waals surface area contributed by atoms with Gasteiger partial charge in [0, 0.05) is 19.5 Å². The van der Waals surface area contributed by atoms with Crippen molar-refractivity contribution in [2.24, 2.45) is 13.0 Å². The molecule has 5 heteroatoms. The lowest BCUT2D eigenvalue weighted by Crippen LogP contribution is -2.32. The molecule has 1 aliphatic rings. The summed E-state index contributed by atoms with van der Waals surface area (Å²) in [7, 11) is 3.94. The smallest absolute Gasteiger partial charge is 0.151 e.